The monoisotopic (exact) mass is 307 g/mol. The van der Waals surface area contributed by atoms with E-state index >= 15 is 0 Å². The number of aliphatic hydroxyl groups excluding tert-OH is 1. The number of nitrogens with zero attached hydrogens (tertiary/aromatic N) is 1. The third kappa shape index (κ3) is 3.23. The van der Waals surface area contributed by atoms with Gasteiger partial charge in [0.15, 0.2) is 11.5 Å². The molecule has 124 valence electrons. The zero-order valence-electron chi connectivity index (χ0n) is 14.4. The molecule has 2 atom stereocenters. The first kappa shape index (κ1) is 17.1. The van der Waals surface area contributed by atoms with E-state index in [1.807, 2.05) is 39.0 Å². The molecule has 2 unspecified atom stereocenters. The number of hydrogen-bond donors (Lipinski definition) is 1. The van der Waals surface area contributed by atoms with Gasteiger partial charge in [-0.15, -0.1) is 0 Å². The second-order valence-corrected chi connectivity index (χ2v) is 6.54. The Balaban J connectivity index is 2.36. The molecule has 0 fully saturated rings. The van der Waals surface area contributed by atoms with E-state index in [0.29, 0.717) is 18.1 Å². The van der Waals surface area contributed by atoms with Crippen molar-refractivity contribution in [2.24, 2.45) is 0 Å². The van der Waals surface area contributed by atoms with Crippen LogP contribution in [0.25, 0.3) is 0 Å². The van der Waals surface area contributed by atoms with Gasteiger partial charge in [-0.05, 0) is 46.9 Å². The maximum atomic E-state index is 10.9. The molecular formula is C18H29NO3. The van der Waals surface area contributed by atoms with E-state index in [0.717, 1.165) is 24.9 Å². The summed E-state index contributed by atoms with van der Waals surface area (Å²) < 4.78 is 11.9. The molecule has 4 nitrogen and oxygen atoms in total. The minimum Gasteiger partial charge on any atom is -0.490 e. The molecule has 0 radical (unpaired) electrons. The van der Waals surface area contributed by atoms with Gasteiger partial charge in [0.2, 0.25) is 0 Å². The third-order valence-corrected chi connectivity index (χ3v) is 4.34. The Labute approximate surface area is 134 Å². The van der Waals surface area contributed by atoms with Crippen LogP contribution in [0.15, 0.2) is 18.2 Å². The van der Waals surface area contributed by atoms with E-state index < -0.39 is 11.7 Å². The molecule has 1 heterocycles. The second-order valence-electron chi connectivity index (χ2n) is 6.54. The highest BCUT2D eigenvalue weighted by Crippen LogP contribution is 2.46. The smallest absolute Gasteiger partial charge is 0.167 e. The minimum absolute atomic E-state index is 0.0802. The number of likely N-dealkylation sites (N-methyl/N-ethyl adjacent to an activating group) is 1. The normalized spacial score (nSPS) is 23.0. The van der Waals surface area contributed by atoms with Crippen LogP contribution in [0.5, 0.6) is 11.5 Å². The zero-order chi connectivity index (χ0) is 16.3. The molecule has 0 saturated carbocycles. The summed E-state index contributed by atoms with van der Waals surface area (Å²) in [6.07, 6.45) is 1.67. The van der Waals surface area contributed by atoms with Crippen molar-refractivity contribution < 1.29 is 14.6 Å². The van der Waals surface area contributed by atoms with Crippen LogP contribution in [0.2, 0.25) is 0 Å². The van der Waals surface area contributed by atoms with E-state index in [2.05, 4.69) is 18.9 Å². The highest BCUT2D eigenvalue weighted by Gasteiger charge is 2.46. The van der Waals surface area contributed by atoms with Gasteiger partial charge in [0, 0.05) is 5.56 Å². The van der Waals surface area contributed by atoms with Crippen LogP contribution >= 0.6 is 0 Å². The summed E-state index contributed by atoms with van der Waals surface area (Å²) in [7, 11) is 2.06. The van der Waals surface area contributed by atoms with Crippen LogP contribution in [0.3, 0.4) is 0 Å². The molecule has 1 aliphatic heterocycles. The molecule has 1 aromatic carbocycles. The van der Waals surface area contributed by atoms with Gasteiger partial charge in [-0.1, -0.05) is 25.5 Å². The molecule has 0 aromatic heterocycles. The summed E-state index contributed by atoms with van der Waals surface area (Å²) in [4.78, 5) is 2.21. The lowest BCUT2D eigenvalue weighted by atomic mass is 9.85. The number of ether oxygens (including phenoxy) is 2. The fourth-order valence-corrected chi connectivity index (χ4v) is 3.34. The van der Waals surface area contributed by atoms with Crippen molar-refractivity contribution in [2.45, 2.75) is 58.3 Å². The number of para-hydroxylation sites is 1. The minimum atomic E-state index is -0.582. The lowest BCUT2D eigenvalue weighted by Gasteiger charge is -2.47. The average Bonchev–Trinajstić information content (AvgIpc) is 2.45. The van der Waals surface area contributed by atoms with E-state index in [4.69, 9.17) is 9.47 Å². The SMILES string of the molecule is CCCCN(C)C1C(O)c2cccc(OCC)c2OC1(C)C. The van der Waals surface area contributed by atoms with Gasteiger partial charge in [0.25, 0.3) is 0 Å². The first-order valence-electron chi connectivity index (χ1n) is 8.25. The fraction of sp³-hybridized carbons (Fsp3) is 0.667. The van der Waals surface area contributed by atoms with Crippen molar-refractivity contribution in [1.82, 2.24) is 4.90 Å². The molecule has 4 heteroatoms. The molecule has 22 heavy (non-hydrogen) atoms. The Morgan fingerprint density at radius 3 is 2.68 bits per heavy atom. The van der Waals surface area contributed by atoms with Crippen molar-refractivity contribution in [2.75, 3.05) is 20.2 Å². The number of aliphatic hydroxyl groups is 1. The lowest BCUT2D eigenvalue weighted by molar-refractivity contribution is -0.0762. The van der Waals surface area contributed by atoms with Gasteiger partial charge in [-0.2, -0.15) is 0 Å². The Hall–Kier alpha value is -1.26. The molecule has 1 aromatic rings. The van der Waals surface area contributed by atoms with Crippen LogP contribution in [0, 0.1) is 0 Å². The van der Waals surface area contributed by atoms with E-state index in [-0.39, 0.29) is 6.04 Å². The number of benzene rings is 1. The second kappa shape index (κ2) is 6.88. The predicted octanol–water partition coefficient (Wildman–Crippen LogP) is 3.39. The lowest BCUT2D eigenvalue weighted by Crippen LogP contribution is -2.57. The summed E-state index contributed by atoms with van der Waals surface area (Å²) in [6, 6.07) is 5.66. The van der Waals surface area contributed by atoms with Crippen molar-refractivity contribution in [3.8, 4) is 11.5 Å². The molecule has 0 saturated heterocycles. The molecule has 1 aliphatic rings. The maximum absolute atomic E-state index is 10.9. The van der Waals surface area contributed by atoms with Crippen LogP contribution < -0.4 is 9.47 Å². The van der Waals surface area contributed by atoms with Gasteiger partial charge in [0.1, 0.15) is 11.7 Å². The Morgan fingerprint density at radius 1 is 1.32 bits per heavy atom. The molecular weight excluding hydrogens is 278 g/mol. The van der Waals surface area contributed by atoms with E-state index in [1.165, 1.54) is 0 Å². The molecule has 0 aliphatic carbocycles. The summed E-state index contributed by atoms with van der Waals surface area (Å²) >= 11 is 0. The number of unbranched alkanes of at least 4 members (excludes halogenated alkanes) is 1. The van der Waals surface area contributed by atoms with Crippen molar-refractivity contribution in [3.05, 3.63) is 23.8 Å². The standard InChI is InChI=1S/C18H29NO3/c1-6-8-12-19(5)17-15(20)13-10-9-11-14(21-7-2)16(13)22-18(17,3)4/h9-11,15,17,20H,6-8,12H2,1-5H3. The van der Waals surface area contributed by atoms with Crippen molar-refractivity contribution in [3.63, 3.8) is 0 Å². The molecule has 0 bridgehead atoms. The average molecular weight is 307 g/mol. The largest absolute Gasteiger partial charge is 0.490 e. The van der Waals surface area contributed by atoms with Crippen LogP contribution in [0.1, 0.15) is 52.2 Å². The van der Waals surface area contributed by atoms with Gasteiger partial charge >= 0.3 is 0 Å². The van der Waals surface area contributed by atoms with E-state index in [9.17, 15) is 5.11 Å². The molecule has 0 spiro atoms. The Kier molecular flexibility index (Phi) is 5.35. The summed E-state index contributed by atoms with van der Waals surface area (Å²) in [5, 5.41) is 10.9. The van der Waals surface area contributed by atoms with Crippen LogP contribution in [-0.4, -0.2) is 41.8 Å². The molecule has 1 N–H and O–H groups in total. The van der Waals surface area contributed by atoms with Gasteiger partial charge < -0.3 is 14.6 Å². The first-order chi connectivity index (χ1) is 10.4. The van der Waals surface area contributed by atoms with Crippen LogP contribution in [-0.2, 0) is 0 Å². The summed E-state index contributed by atoms with van der Waals surface area (Å²) in [6.45, 7) is 9.73. The van der Waals surface area contributed by atoms with Gasteiger partial charge in [-0.25, -0.2) is 0 Å². The number of rotatable bonds is 6. The fourth-order valence-electron chi connectivity index (χ4n) is 3.34. The van der Waals surface area contributed by atoms with Gasteiger partial charge in [-0.3, -0.25) is 4.90 Å². The first-order valence-corrected chi connectivity index (χ1v) is 8.25. The quantitative estimate of drug-likeness (QED) is 0.875. The van der Waals surface area contributed by atoms with E-state index in [1.54, 1.807) is 0 Å². The molecule has 2 rings (SSSR count). The highest BCUT2D eigenvalue weighted by molar-refractivity contribution is 5.50. The van der Waals surface area contributed by atoms with Crippen molar-refractivity contribution >= 4 is 0 Å². The van der Waals surface area contributed by atoms with Crippen LogP contribution in [0.4, 0.5) is 0 Å². The number of hydrogen-bond acceptors (Lipinski definition) is 4. The zero-order valence-corrected chi connectivity index (χ0v) is 14.4. The third-order valence-electron chi connectivity index (χ3n) is 4.34. The molecule has 0 amide bonds. The number of fused-ring (bicyclic) bond motifs is 1. The summed E-state index contributed by atoms with van der Waals surface area (Å²) in [5.74, 6) is 1.39. The maximum Gasteiger partial charge on any atom is 0.167 e. The predicted molar refractivity (Wildman–Crippen MR) is 88.6 cm³/mol. The summed E-state index contributed by atoms with van der Waals surface area (Å²) in [5.41, 5.74) is 0.334. The van der Waals surface area contributed by atoms with Crippen molar-refractivity contribution in [1.29, 1.82) is 0 Å². The Bertz CT molecular complexity index is 501. The topological polar surface area (TPSA) is 41.9 Å². The Morgan fingerprint density at radius 2 is 2.05 bits per heavy atom. The highest BCUT2D eigenvalue weighted by atomic mass is 16.5. The van der Waals surface area contributed by atoms with Gasteiger partial charge in [0.05, 0.1) is 12.6 Å².